The van der Waals surface area contributed by atoms with Gasteiger partial charge in [-0.1, -0.05) is 37.1 Å². The van der Waals surface area contributed by atoms with E-state index in [2.05, 4.69) is 10.6 Å². The molecule has 4 aliphatic rings. The fraction of sp³-hybridized carbons (Fsp3) is 0.639. The van der Waals surface area contributed by atoms with E-state index in [4.69, 9.17) is 9.47 Å². The summed E-state index contributed by atoms with van der Waals surface area (Å²) in [5.41, 5.74) is -7.49. The second kappa shape index (κ2) is 15.7. The van der Waals surface area contributed by atoms with Crippen LogP contribution in [0.15, 0.2) is 30.4 Å². The predicted molar refractivity (Wildman–Crippen MR) is 180 cm³/mol. The summed E-state index contributed by atoms with van der Waals surface area (Å²) in [5.74, 6) is -4.70. The summed E-state index contributed by atoms with van der Waals surface area (Å²) in [6.07, 6.45) is -10.8. The lowest BCUT2D eigenvalue weighted by atomic mass is 10.0. The number of rotatable bonds is 5. The smallest absolute Gasteiger partial charge is 0.428 e. The number of alkyl carbamates (subject to hydrolysis) is 1. The lowest BCUT2D eigenvalue weighted by Crippen LogP contribution is -2.65. The van der Waals surface area contributed by atoms with Gasteiger partial charge in [0.25, 0.3) is 5.60 Å². The van der Waals surface area contributed by atoms with Crippen LogP contribution in [-0.2, 0) is 36.9 Å². The van der Waals surface area contributed by atoms with Crippen LogP contribution in [0.3, 0.4) is 0 Å². The van der Waals surface area contributed by atoms with Crippen LogP contribution in [0.5, 0.6) is 0 Å². The number of nitrogens with zero attached hydrogens (tertiary/aromatic N) is 2. The molecule has 13 nitrogen and oxygen atoms in total. The first-order chi connectivity index (χ1) is 26.0. The molecule has 1 unspecified atom stereocenters. The molecule has 1 saturated heterocycles. The Balaban J connectivity index is 1.42. The fourth-order valence-electron chi connectivity index (χ4n) is 7.07. The molecule has 56 heavy (non-hydrogen) atoms. The van der Waals surface area contributed by atoms with Gasteiger partial charge in [0, 0.05) is 24.4 Å². The number of hydrogen-bond acceptors (Lipinski definition) is 8. The Labute approximate surface area is 317 Å². The van der Waals surface area contributed by atoms with Gasteiger partial charge in [0.2, 0.25) is 17.7 Å². The molecule has 20 heteroatoms. The van der Waals surface area contributed by atoms with E-state index in [1.165, 1.54) is 28.4 Å². The molecule has 1 aliphatic carbocycles. The van der Waals surface area contributed by atoms with Gasteiger partial charge >= 0.3 is 24.5 Å². The Morgan fingerprint density at radius 1 is 1.02 bits per heavy atom. The molecule has 0 radical (unpaired) electrons. The zero-order valence-electron chi connectivity index (χ0n) is 30.8. The Hall–Kier alpha value is -4.62. The number of fused-ring (bicyclic) bond motifs is 3. The largest absolute Gasteiger partial charge is 0.444 e. The van der Waals surface area contributed by atoms with Crippen LogP contribution >= 0.6 is 0 Å². The van der Waals surface area contributed by atoms with Crippen molar-refractivity contribution in [3.8, 4) is 0 Å². The molecule has 1 saturated carbocycles. The van der Waals surface area contributed by atoms with Crippen LogP contribution in [0.25, 0.3) is 0 Å². The van der Waals surface area contributed by atoms with Crippen molar-refractivity contribution in [2.75, 3.05) is 13.1 Å². The van der Waals surface area contributed by atoms with E-state index < -0.39 is 102 Å². The first kappa shape index (κ1) is 42.5. The zero-order chi connectivity index (χ0) is 41.4. The molecule has 5 atom stereocenters. The monoisotopic (exact) mass is 807 g/mol. The van der Waals surface area contributed by atoms with E-state index >= 15 is 0 Å². The Morgan fingerprint density at radius 3 is 2.36 bits per heavy atom. The number of nitrogens with one attached hydrogen (secondary N) is 3. The predicted octanol–water partition coefficient (Wildman–Crippen LogP) is 4.51. The van der Waals surface area contributed by atoms with E-state index in [0.29, 0.717) is 31.2 Å². The fourth-order valence-corrected chi connectivity index (χ4v) is 7.07. The lowest BCUT2D eigenvalue weighted by Gasteiger charge is -2.33. The minimum atomic E-state index is -6.23. The number of benzene rings is 1. The first-order valence-corrected chi connectivity index (χ1v) is 18.1. The topological polar surface area (TPSA) is 167 Å². The summed E-state index contributed by atoms with van der Waals surface area (Å²) in [7, 11) is 0. The maximum absolute atomic E-state index is 14.4. The van der Waals surface area contributed by atoms with Crippen molar-refractivity contribution in [3.05, 3.63) is 47.3 Å². The zero-order valence-corrected chi connectivity index (χ0v) is 30.8. The molecule has 5 amide bonds. The molecular formula is C36H44F7N5O8. The number of ether oxygens (including phenoxy) is 2. The van der Waals surface area contributed by atoms with E-state index in [-0.39, 0.29) is 37.9 Å². The van der Waals surface area contributed by atoms with Gasteiger partial charge in [0.05, 0.1) is 19.6 Å². The Morgan fingerprint density at radius 2 is 1.71 bits per heavy atom. The average Bonchev–Trinajstić information content (AvgIpc) is 3.38. The third kappa shape index (κ3) is 9.15. The second-order valence-electron chi connectivity index (χ2n) is 15.6. The van der Waals surface area contributed by atoms with Gasteiger partial charge in [-0.2, -0.15) is 26.3 Å². The Kier molecular flexibility index (Phi) is 11.9. The number of alkyl halides is 6. The minimum Gasteiger partial charge on any atom is -0.444 e. The van der Waals surface area contributed by atoms with Gasteiger partial charge in [0.1, 0.15) is 35.1 Å². The molecule has 5 rings (SSSR count). The molecule has 1 aromatic rings. The number of carbonyl (C=O) groups excluding carboxylic acids is 5. The highest BCUT2D eigenvalue weighted by molar-refractivity contribution is 5.98. The summed E-state index contributed by atoms with van der Waals surface area (Å²) in [6.45, 7) is 2.02. The molecule has 0 spiro atoms. The molecule has 4 N–H and O–H groups in total. The quantitative estimate of drug-likeness (QED) is 0.249. The number of allylic oxidation sites excluding steroid dienone is 1. The minimum absolute atomic E-state index is 0.0113. The van der Waals surface area contributed by atoms with Gasteiger partial charge in [-0.05, 0) is 58.1 Å². The maximum Gasteiger partial charge on any atom is 0.428 e. The normalized spacial score (nSPS) is 26.8. The molecule has 310 valence electrons. The first-order valence-electron chi connectivity index (χ1n) is 18.1. The van der Waals surface area contributed by atoms with Crippen LogP contribution in [0.4, 0.5) is 40.3 Å². The van der Waals surface area contributed by atoms with Crippen molar-refractivity contribution in [1.29, 1.82) is 0 Å². The standard InChI is InChI=1S/C36H44F7N5O8/c1-32(2,3)56-30(52)45-25-13-8-6-4-5-7-11-21-15-33(21,29(51)44-19-34(54,35(38,39)40)36(41,42)43)46-27(49)26-14-22(17-48(26)28(25)50)55-31(53)47-16-20-10-9-12-24(37)23(20)18-47/h7,9-12,21-22,25-26,54H,4-6,8,13-19H2,1-3H3,(H,44,51)(H,45,52)(H,46,49)/b11-7-/t21?,22-,25+,26+,33-/m1/s1. The van der Waals surface area contributed by atoms with Gasteiger partial charge in [-0.25, -0.2) is 14.0 Å². The Bertz CT molecular complexity index is 1720. The highest BCUT2D eigenvalue weighted by Crippen LogP contribution is 2.47. The van der Waals surface area contributed by atoms with Crippen LogP contribution < -0.4 is 16.0 Å². The third-order valence-corrected chi connectivity index (χ3v) is 10.2. The summed E-state index contributed by atoms with van der Waals surface area (Å²) < 4.78 is 106. The van der Waals surface area contributed by atoms with E-state index in [1.807, 2.05) is 0 Å². The third-order valence-electron chi connectivity index (χ3n) is 10.2. The summed E-state index contributed by atoms with van der Waals surface area (Å²) in [6, 6.07) is 1.59. The van der Waals surface area contributed by atoms with Crippen molar-refractivity contribution in [2.45, 2.75) is 126 Å². The van der Waals surface area contributed by atoms with E-state index in [1.54, 1.807) is 32.9 Å². The van der Waals surface area contributed by atoms with Gasteiger partial charge in [0.15, 0.2) is 0 Å². The number of hydrogen-bond donors (Lipinski definition) is 4. The van der Waals surface area contributed by atoms with Gasteiger partial charge in [-0.15, -0.1) is 0 Å². The molecule has 1 aromatic carbocycles. The van der Waals surface area contributed by atoms with Crippen molar-refractivity contribution in [1.82, 2.24) is 25.8 Å². The number of aliphatic hydroxyl groups is 1. The van der Waals surface area contributed by atoms with Gasteiger partial charge < -0.3 is 35.4 Å². The van der Waals surface area contributed by atoms with E-state index in [0.717, 1.165) is 4.90 Å². The van der Waals surface area contributed by atoms with Crippen LogP contribution in [0.1, 0.15) is 76.8 Å². The molecule has 0 bridgehead atoms. The van der Waals surface area contributed by atoms with Crippen LogP contribution in [0.2, 0.25) is 0 Å². The number of carbonyl (C=O) groups is 5. The van der Waals surface area contributed by atoms with Crippen molar-refractivity contribution in [2.24, 2.45) is 5.92 Å². The second-order valence-corrected chi connectivity index (χ2v) is 15.6. The number of amides is 5. The SMILES string of the molecule is CC(C)(C)OC(=O)N[C@H]1CCCCC/C=C\C2C[C@@]2(C(=O)NCC(O)(C(F)(F)F)C(F)(F)F)NC(=O)[C@@H]2C[C@@H](OC(=O)N3Cc4cccc(F)c4C3)CN2C1=O. The molecule has 3 aliphatic heterocycles. The molecule has 2 fully saturated rings. The van der Waals surface area contributed by atoms with Crippen molar-refractivity contribution < 1.29 is 69.3 Å². The van der Waals surface area contributed by atoms with Crippen molar-refractivity contribution in [3.63, 3.8) is 0 Å². The number of halogens is 7. The molecule has 0 aromatic heterocycles. The molecule has 3 heterocycles. The van der Waals surface area contributed by atoms with Gasteiger partial charge in [-0.3, -0.25) is 19.3 Å². The highest BCUT2D eigenvalue weighted by atomic mass is 19.4. The maximum atomic E-state index is 14.4. The highest BCUT2D eigenvalue weighted by Gasteiger charge is 2.71. The summed E-state index contributed by atoms with van der Waals surface area (Å²) >= 11 is 0. The lowest BCUT2D eigenvalue weighted by molar-refractivity contribution is -0.364. The van der Waals surface area contributed by atoms with Crippen LogP contribution in [-0.4, -0.2) is 105 Å². The van der Waals surface area contributed by atoms with Crippen molar-refractivity contribution >= 4 is 29.9 Å². The molecular weight excluding hydrogens is 763 g/mol. The summed E-state index contributed by atoms with van der Waals surface area (Å²) in [4.78, 5) is 70.2. The summed E-state index contributed by atoms with van der Waals surface area (Å²) in [5, 5.41) is 16.1. The van der Waals surface area contributed by atoms with Crippen LogP contribution in [0, 0.1) is 11.7 Å². The van der Waals surface area contributed by atoms with E-state index in [9.17, 15) is 59.8 Å². The average molecular weight is 808 g/mol.